The van der Waals surface area contributed by atoms with Gasteiger partial charge in [0.2, 0.25) is 5.43 Å². The van der Waals surface area contributed by atoms with Crippen LogP contribution in [0.4, 0.5) is 17.1 Å². The molecule has 0 saturated heterocycles. The van der Waals surface area contributed by atoms with E-state index in [1.165, 1.54) is 21.5 Å². The summed E-state index contributed by atoms with van der Waals surface area (Å²) in [7, 11) is 0. The summed E-state index contributed by atoms with van der Waals surface area (Å²) in [6.07, 6.45) is 0. The molecule has 0 spiro atoms. The fourth-order valence-electron chi connectivity index (χ4n) is 9.52. The number of nitrogens with zero attached hydrogens (tertiary/aromatic N) is 3. The molecule has 6 nitrogen and oxygen atoms in total. The molecule has 13 rings (SSSR count). The van der Waals surface area contributed by atoms with Crippen molar-refractivity contribution in [2.75, 3.05) is 4.90 Å². The van der Waals surface area contributed by atoms with Gasteiger partial charge < -0.3 is 23.2 Å². The largest absolute Gasteiger partial charge is 0.456 e. The van der Waals surface area contributed by atoms with E-state index in [0.29, 0.717) is 21.9 Å². The first-order valence-corrected chi connectivity index (χ1v) is 20.5. The first kappa shape index (κ1) is 33.6. The van der Waals surface area contributed by atoms with Crippen LogP contribution in [0, 0.1) is 0 Å². The van der Waals surface area contributed by atoms with Gasteiger partial charge in [0.15, 0.2) is 11.5 Å². The van der Waals surface area contributed by atoms with Gasteiger partial charge in [0, 0.05) is 38.6 Å². The van der Waals surface area contributed by atoms with Gasteiger partial charge in [-0.2, -0.15) is 0 Å². The SMILES string of the molecule is O=c1c2ccccc2oc2cc(-c3ccc(N4c5cc(-n6c7ccccc7c7ccccc76)ccc5Oc5ccc(-n6c7ccccc7c7ccccc76)cc54)cc3)ccc12. The zero-order valence-corrected chi connectivity index (χ0v) is 32.6. The number of para-hydroxylation sites is 5. The molecule has 9 aromatic carbocycles. The second-order valence-corrected chi connectivity index (χ2v) is 15.7. The van der Waals surface area contributed by atoms with E-state index in [4.69, 9.17) is 9.15 Å². The van der Waals surface area contributed by atoms with Gasteiger partial charge in [0.05, 0.1) is 44.2 Å². The van der Waals surface area contributed by atoms with Gasteiger partial charge in [-0.1, -0.05) is 103 Å². The summed E-state index contributed by atoms with van der Waals surface area (Å²) in [4.78, 5) is 15.7. The third-order valence-corrected chi connectivity index (χ3v) is 12.3. The molecule has 0 saturated carbocycles. The quantitative estimate of drug-likeness (QED) is 0.167. The molecule has 0 atom stereocenters. The van der Waals surface area contributed by atoms with Crippen molar-refractivity contribution in [1.29, 1.82) is 0 Å². The van der Waals surface area contributed by atoms with E-state index in [9.17, 15) is 4.79 Å². The predicted octanol–water partition coefficient (Wildman–Crippen LogP) is 14.4. The lowest BCUT2D eigenvalue weighted by Crippen LogP contribution is -2.17. The van der Waals surface area contributed by atoms with Crippen LogP contribution >= 0.6 is 0 Å². The Morgan fingerprint density at radius 3 is 1.30 bits per heavy atom. The molecule has 3 aromatic heterocycles. The zero-order valence-electron chi connectivity index (χ0n) is 32.6. The maximum absolute atomic E-state index is 13.3. The molecule has 1 aliphatic rings. The van der Waals surface area contributed by atoms with E-state index in [1.807, 2.05) is 42.5 Å². The van der Waals surface area contributed by atoms with Gasteiger partial charge in [-0.3, -0.25) is 4.79 Å². The Morgan fingerprint density at radius 1 is 0.344 bits per heavy atom. The minimum Gasteiger partial charge on any atom is -0.456 e. The molecule has 0 unspecified atom stereocenters. The molecule has 286 valence electrons. The van der Waals surface area contributed by atoms with Crippen LogP contribution in [0.1, 0.15) is 0 Å². The maximum Gasteiger partial charge on any atom is 0.200 e. The average molecular weight is 784 g/mol. The highest BCUT2D eigenvalue weighted by atomic mass is 16.5. The molecule has 12 aromatic rings. The Kier molecular flexibility index (Phi) is 7.06. The van der Waals surface area contributed by atoms with Gasteiger partial charge in [-0.15, -0.1) is 0 Å². The highest BCUT2D eigenvalue weighted by Crippen LogP contribution is 2.52. The molecule has 0 aliphatic carbocycles. The normalized spacial score (nSPS) is 12.4. The van der Waals surface area contributed by atoms with Crippen LogP contribution in [0.5, 0.6) is 11.5 Å². The summed E-state index contributed by atoms with van der Waals surface area (Å²) < 4.78 is 17.7. The molecule has 0 N–H and O–H groups in total. The number of hydrogen-bond acceptors (Lipinski definition) is 4. The van der Waals surface area contributed by atoms with Crippen molar-refractivity contribution in [3.8, 4) is 34.0 Å². The van der Waals surface area contributed by atoms with Crippen molar-refractivity contribution in [3.05, 3.63) is 210 Å². The number of ether oxygens (including phenoxy) is 1. The topological polar surface area (TPSA) is 52.5 Å². The number of aromatic nitrogens is 2. The summed E-state index contributed by atoms with van der Waals surface area (Å²) >= 11 is 0. The van der Waals surface area contributed by atoms with E-state index < -0.39 is 0 Å². The monoisotopic (exact) mass is 783 g/mol. The number of fused-ring (bicyclic) bond motifs is 10. The lowest BCUT2D eigenvalue weighted by atomic mass is 10.0. The van der Waals surface area contributed by atoms with Crippen molar-refractivity contribution in [3.63, 3.8) is 0 Å². The lowest BCUT2D eigenvalue weighted by molar-refractivity contribution is 0.477. The van der Waals surface area contributed by atoms with Crippen LogP contribution in [0.3, 0.4) is 0 Å². The van der Waals surface area contributed by atoms with Gasteiger partial charge in [-0.25, -0.2) is 0 Å². The molecule has 6 heteroatoms. The third-order valence-electron chi connectivity index (χ3n) is 12.3. The van der Waals surface area contributed by atoms with E-state index in [1.54, 1.807) is 0 Å². The Morgan fingerprint density at radius 2 is 0.770 bits per heavy atom. The van der Waals surface area contributed by atoms with Crippen molar-refractivity contribution >= 4 is 82.6 Å². The van der Waals surface area contributed by atoms with Crippen molar-refractivity contribution < 1.29 is 9.15 Å². The minimum absolute atomic E-state index is 0.0241. The second-order valence-electron chi connectivity index (χ2n) is 15.7. The Balaban J connectivity index is 1.000. The molecule has 61 heavy (non-hydrogen) atoms. The number of hydrogen-bond donors (Lipinski definition) is 0. The number of anilines is 3. The second kappa shape index (κ2) is 12.8. The highest BCUT2D eigenvalue weighted by Gasteiger charge is 2.28. The van der Waals surface area contributed by atoms with Crippen LogP contribution in [-0.2, 0) is 0 Å². The summed E-state index contributed by atoms with van der Waals surface area (Å²) in [6.45, 7) is 0. The van der Waals surface area contributed by atoms with Gasteiger partial charge >= 0.3 is 0 Å². The van der Waals surface area contributed by atoms with Crippen molar-refractivity contribution in [1.82, 2.24) is 9.13 Å². The van der Waals surface area contributed by atoms with E-state index in [2.05, 4.69) is 172 Å². The minimum atomic E-state index is -0.0241. The summed E-state index contributed by atoms with van der Waals surface area (Å²) in [5.41, 5.74) is 12.6. The zero-order chi connectivity index (χ0) is 40.2. The molecule has 0 radical (unpaired) electrons. The molecule has 4 heterocycles. The summed E-state index contributed by atoms with van der Waals surface area (Å²) in [5.74, 6) is 1.53. The molecular weight excluding hydrogens is 751 g/mol. The van der Waals surface area contributed by atoms with E-state index in [-0.39, 0.29) is 5.43 Å². The summed E-state index contributed by atoms with van der Waals surface area (Å²) in [5, 5.41) is 5.99. The lowest BCUT2D eigenvalue weighted by Gasteiger charge is -2.34. The highest BCUT2D eigenvalue weighted by molar-refractivity contribution is 6.10. The standard InChI is InChI=1S/C55H33N3O3/c59-55-43-15-5-10-20-51(43)60-54-31-35(23-28-44(54)55)34-21-24-36(25-22-34)56-49-32-37(57-45-16-6-1-11-39(45)40-12-2-7-17-46(40)57)26-29-52(49)61-53-30-27-38(33-50(53)56)58-47-18-8-3-13-41(47)42-14-4-9-19-48(42)58/h1-33H. The van der Waals surface area contributed by atoms with E-state index in [0.717, 1.165) is 73.1 Å². The Labute approximate surface area is 348 Å². The molecule has 0 fully saturated rings. The molecular formula is C55H33N3O3. The van der Waals surface area contributed by atoms with Gasteiger partial charge in [-0.05, 0) is 108 Å². The van der Waals surface area contributed by atoms with Crippen LogP contribution < -0.4 is 15.1 Å². The molecule has 0 bridgehead atoms. The Hall–Kier alpha value is -8.35. The molecule has 1 aliphatic heterocycles. The van der Waals surface area contributed by atoms with Crippen LogP contribution in [0.15, 0.2) is 209 Å². The number of rotatable bonds is 4. The fraction of sp³-hybridized carbons (Fsp3) is 0. The molecule has 0 amide bonds. The first-order chi connectivity index (χ1) is 30.2. The fourth-order valence-corrected chi connectivity index (χ4v) is 9.52. The first-order valence-electron chi connectivity index (χ1n) is 20.5. The van der Waals surface area contributed by atoms with Gasteiger partial charge in [0.25, 0.3) is 0 Å². The van der Waals surface area contributed by atoms with Crippen LogP contribution in [0.25, 0.3) is 88.1 Å². The Bertz CT molecular complexity index is 3570. The maximum atomic E-state index is 13.3. The average Bonchev–Trinajstić information content (AvgIpc) is 3.84. The van der Waals surface area contributed by atoms with Gasteiger partial charge in [0.1, 0.15) is 11.2 Å². The summed E-state index contributed by atoms with van der Waals surface area (Å²) in [6, 6.07) is 69.2. The van der Waals surface area contributed by atoms with Crippen molar-refractivity contribution in [2.45, 2.75) is 0 Å². The predicted molar refractivity (Wildman–Crippen MR) is 249 cm³/mol. The smallest absolute Gasteiger partial charge is 0.200 e. The number of benzene rings is 9. The van der Waals surface area contributed by atoms with Crippen LogP contribution in [-0.4, -0.2) is 9.13 Å². The van der Waals surface area contributed by atoms with Crippen molar-refractivity contribution in [2.24, 2.45) is 0 Å². The van der Waals surface area contributed by atoms with Crippen LogP contribution in [0.2, 0.25) is 0 Å². The third kappa shape index (κ3) is 5.00. The van der Waals surface area contributed by atoms with E-state index >= 15 is 0 Å².